The number of aromatic nitrogens is 1. The molecule has 1 rings (SSSR count). The van der Waals surface area contributed by atoms with Gasteiger partial charge in [0, 0.05) is 12.4 Å². The van der Waals surface area contributed by atoms with Crippen LogP contribution in [0.1, 0.15) is 19.5 Å². The van der Waals surface area contributed by atoms with Gasteiger partial charge in [-0.3, -0.25) is 4.98 Å². The van der Waals surface area contributed by atoms with Crippen molar-refractivity contribution in [3.05, 3.63) is 48.0 Å². The smallest absolute Gasteiger partial charge is 0.374 e. The molecule has 1 aromatic heterocycles. The van der Waals surface area contributed by atoms with Crippen LogP contribution in [0.25, 0.3) is 5.70 Å². The first-order valence-corrected chi connectivity index (χ1v) is 5.49. The molecule has 4 nitrogen and oxygen atoms in total. The molecule has 0 saturated heterocycles. The maximum absolute atomic E-state index is 5.25. The molecule has 0 bridgehead atoms. The van der Waals surface area contributed by atoms with Crippen molar-refractivity contribution in [1.82, 2.24) is 4.98 Å². The van der Waals surface area contributed by atoms with E-state index >= 15 is 0 Å². The van der Waals surface area contributed by atoms with E-state index in [0.29, 0.717) is 17.2 Å². The van der Waals surface area contributed by atoms with Gasteiger partial charge in [0.15, 0.2) is 0 Å². The molecular weight excluding hydrogens is 225 g/mol. The van der Waals surface area contributed by atoms with E-state index in [2.05, 4.69) is 15.0 Å². The lowest BCUT2D eigenvalue weighted by Gasteiger charge is -2.07. The highest BCUT2D eigenvalue weighted by molar-refractivity contribution is 5.99. The SMILES string of the molecule is [B]OC(/C=C\C)=C(/N=CN=CC)c1ccccn1. The number of hydrogen-bond acceptors (Lipinski definition) is 3. The molecule has 0 saturated carbocycles. The average Bonchev–Trinajstić information content (AvgIpc) is 2.43. The predicted octanol–water partition coefficient (Wildman–Crippen LogP) is 2.55. The Hall–Kier alpha value is -2.17. The van der Waals surface area contributed by atoms with Crippen molar-refractivity contribution in [1.29, 1.82) is 0 Å². The van der Waals surface area contributed by atoms with Gasteiger partial charge in [-0.1, -0.05) is 12.1 Å². The van der Waals surface area contributed by atoms with Crippen molar-refractivity contribution in [3.8, 4) is 0 Å². The van der Waals surface area contributed by atoms with Gasteiger partial charge in [0.1, 0.15) is 17.8 Å². The first-order valence-electron chi connectivity index (χ1n) is 5.49. The summed E-state index contributed by atoms with van der Waals surface area (Å²) >= 11 is 0. The molecule has 2 radical (unpaired) electrons. The largest absolute Gasteiger partial charge is 0.566 e. The highest BCUT2D eigenvalue weighted by Gasteiger charge is 2.06. The highest BCUT2D eigenvalue weighted by Crippen LogP contribution is 2.19. The van der Waals surface area contributed by atoms with Gasteiger partial charge in [0.2, 0.25) is 0 Å². The first kappa shape index (κ1) is 13.9. The van der Waals surface area contributed by atoms with E-state index in [9.17, 15) is 0 Å². The Morgan fingerprint density at radius 2 is 2.22 bits per heavy atom. The van der Waals surface area contributed by atoms with E-state index in [1.807, 2.05) is 38.1 Å². The minimum atomic E-state index is 0.429. The Bertz CT molecular complexity index is 478. The first-order chi connectivity index (χ1) is 8.83. The topological polar surface area (TPSA) is 46.8 Å². The minimum absolute atomic E-state index is 0.429. The Morgan fingerprint density at radius 1 is 1.39 bits per heavy atom. The zero-order valence-electron chi connectivity index (χ0n) is 10.4. The fourth-order valence-corrected chi connectivity index (χ4v) is 1.24. The third kappa shape index (κ3) is 4.01. The molecular formula is C13H14BN3O. The van der Waals surface area contributed by atoms with Crippen LogP contribution in [-0.4, -0.2) is 25.6 Å². The summed E-state index contributed by atoms with van der Waals surface area (Å²) in [6.45, 7) is 3.67. The quantitative estimate of drug-likeness (QED) is 0.260. The maximum atomic E-state index is 5.25. The molecule has 90 valence electrons. The van der Waals surface area contributed by atoms with E-state index in [1.165, 1.54) is 6.34 Å². The summed E-state index contributed by atoms with van der Waals surface area (Å²) in [7, 11) is 5.25. The summed E-state index contributed by atoms with van der Waals surface area (Å²) in [6.07, 6.45) is 8.27. The highest BCUT2D eigenvalue weighted by atomic mass is 16.4. The molecule has 0 unspecified atom stereocenters. The summed E-state index contributed by atoms with van der Waals surface area (Å²) < 4.78 is 4.83. The van der Waals surface area contributed by atoms with Gasteiger partial charge >= 0.3 is 8.05 Å². The lowest BCUT2D eigenvalue weighted by atomic mass is 10.2. The Morgan fingerprint density at radius 3 is 2.78 bits per heavy atom. The van der Waals surface area contributed by atoms with E-state index in [0.717, 1.165) is 0 Å². The summed E-state index contributed by atoms with van der Waals surface area (Å²) in [5.41, 5.74) is 1.19. The van der Waals surface area contributed by atoms with Gasteiger partial charge in [-0.25, -0.2) is 9.98 Å². The summed E-state index contributed by atoms with van der Waals surface area (Å²) in [4.78, 5) is 12.3. The van der Waals surface area contributed by atoms with E-state index in [4.69, 9.17) is 12.7 Å². The van der Waals surface area contributed by atoms with Crippen LogP contribution in [0.3, 0.4) is 0 Å². The van der Waals surface area contributed by atoms with Crippen LogP contribution < -0.4 is 0 Å². The zero-order chi connectivity index (χ0) is 13.2. The molecule has 0 N–H and O–H groups in total. The second kappa shape index (κ2) is 8.00. The predicted molar refractivity (Wildman–Crippen MR) is 75.5 cm³/mol. The third-order valence-electron chi connectivity index (χ3n) is 1.99. The molecule has 5 heteroatoms. The van der Waals surface area contributed by atoms with Gasteiger partial charge in [0.25, 0.3) is 0 Å². The monoisotopic (exact) mass is 239 g/mol. The standard InChI is InChI=1S/C13H14BN3O/c1-3-7-12(18-14)13(17-10-15-4-2)11-8-5-6-9-16-11/h3-10H,1-2H3/b7-3-,13-12+,15-4?,17-10?. The fraction of sp³-hybridized carbons (Fsp3) is 0.154. The van der Waals surface area contributed by atoms with Gasteiger partial charge in [-0.2, -0.15) is 0 Å². The van der Waals surface area contributed by atoms with Crippen LogP contribution >= 0.6 is 0 Å². The normalized spacial score (nSPS) is 13.4. The second-order valence-electron chi connectivity index (χ2n) is 3.20. The average molecular weight is 239 g/mol. The van der Waals surface area contributed by atoms with Crippen LogP contribution in [0.4, 0.5) is 0 Å². The summed E-state index contributed by atoms with van der Waals surface area (Å²) in [6, 6.07) is 5.52. The van der Waals surface area contributed by atoms with Crippen molar-refractivity contribution in [3.63, 3.8) is 0 Å². The van der Waals surface area contributed by atoms with Crippen LogP contribution in [0.5, 0.6) is 0 Å². The van der Waals surface area contributed by atoms with Crippen molar-refractivity contribution in [2.75, 3.05) is 0 Å². The molecule has 0 aliphatic rings. The molecule has 0 fully saturated rings. The molecule has 0 aliphatic heterocycles. The number of hydrogen-bond donors (Lipinski definition) is 0. The molecule has 0 aromatic carbocycles. The lowest BCUT2D eigenvalue weighted by molar-refractivity contribution is 0.493. The Balaban J connectivity index is 3.25. The molecule has 1 aromatic rings. The minimum Gasteiger partial charge on any atom is -0.566 e. The van der Waals surface area contributed by atoms with E-state index in [1.54, 1.807) is 18.5 Å². The van der Waals surface area contributed by atoms with Gasteiger partial charge in [-0.15, -0.1) is 0 Å². The zero-order valence-corrected chi connectivity index (χ0v) is 10.4. The number of rotatable bonds is 5. The number of aliphatic imine (C=N–C) groups is 2. The Labute approximate surface area is 108 Å². The van der Waals surface area contributed by atoms with Crippen LogP contribution in [0.2, 0.25) is 0 Å². The number of allylic oxidation sites excluding steroid dienone is 2. The van der Waals surface area contributed by atoms with Crippen LogP contribution in [0.15, 0.2) is 52.3 Å². The van der Waals surface area contributed by atoms with Crippen molar-refractivity contribution in [2.45, 2.75) is 13.8 Å². The summed E-state index contributed by atoms with van der Waals surface area (Å²) in [5, 5.41) is 0. The number of pyridine rings is 1. The maximum Gasteiger partial charge on any atom is 0.374 e. The van der Waals surface area contributed by atoms with Crippen LogP contribution in [-0.2, 0) is 4.65 Å². The molecule has 0 atom stereocenters. The molecule has 18 heavy (non-hydrogen) atoms. The van der Waals surface area contributed by atoms with Gasteiger partial charge in [0.05, 0.1) is 5.69 Å². The van der Waals surface area contributed by atoms with Crippen molar-refractivity contribution >= 4 is 26.3 Å². The molecule has 0 spiro atoms. The number of nitrogens with zero attached hydrogens (tertiary/aromatic N) is 3. The van der Waals surface area contributed by atoms with Crippen molar-refractivity contribution < 1.29 is 4.65 Å². The van der Waals surface area contributed by atoms with Gasteiger partial charge in [-0.05, 0) is 32.1 Å². The molecule has 0 amide bonds. The van der Waals surface area contributed by atoms with Crippen LogP contribution in [0, 0.1) is 0 Å². The van der Waals surface area contributed by atoms with Gasteiger partial charge < -0.3 is 4.65 Å². The third-order valence-corrected chi connectivity index (χ3v) is 1.99. The lowest BCUT2D eigenvalue weighted by Crippen LogP contribution is -1.94. The Kier molecular flexibility index (Phi) is 6.18. The fourth-order valence-electron chi connectivity index (χ4n) is 1.24. The molecule has 1 heterocycles. The van der Waals surface area contributed by atoms with Crippen molar-refractivity contribution in [2.24, 2.45) is 9.98 Å². The second-order valence-corrected chi connectivity index (χ2v) is 3.20. The molecule has 0 aliphatic carbocycles. The summed E-state index contributed by atoms with van der Waals surface area (Å²) in [5.74, 6) is 0.429. The van der Waals surface area contributed by atoms with E-state index < -0.39 is 0 Å². The van der Waals surface area contributed by atoms with E-state index in [-0.39, 0.29) is 0 Å².